The van der Waals surface area contributed by atoms with Crippen LogP contribution in [0.25, 0.3) is 11.4 Å². The number of aromatic nitrogens is 2. The number of carbonyl (C=O) groups is 1. The third-order valence-corrected chi connectivity index (χ3v) is 4.96. The number of hydrogen-bond acceptors (Lipinski definition) is 5. The number of carboxylic acids is 1. The van der Waals surface area contributed by atoms with Gasteiger partial charge in [-0.3, -0.25) is 9.59 Å². The molecule has 0 spiro atoms. The molecule has 0 radical (unpaired) electrons. The molecule has 150 valence electrons. The first kappa shape index (κ1) is 19.9. The SMILES string of the molecule is COCCCOc1cc2c([nH]c1=O)-c1cc(=O)c(C(=O)O)cn1[C@H](C(C)C)C2. The quantitative estimate of drug-likeness (QED) is 0.703. The number of methoxy groups -OCH3 is 1. The Morgan fingerprint density at radius 1 is 1.32 bits per heavy atom. The highest BCUT2D eigenvalue weighted by Crippen LogP contribution is 2.36. The van der Waals surface area contributed by atoms with Gasteiger partial charge in [-0.1, -0.05) is 13.8 Å². The Morgan fingerprint density at radius 2 is 2.07 bits per heavy atom. The van der Waals surface area contributed by atoms with Gasteiger partial charge in [-0.25, -0.2) is 4.79 Å². The van der Waals surface area contributed by atoms with E-state index < -0.39 is 11.4 Å². The van der Waals surface area contributed by atoms with Gasteiger partial charge < -0.3 is 24.1 Å². The molecule has 1 aliphatic heterocycles. The van der Waals surface area contributed by atoms with Crippen molar-refractivity contribution in [2.24, 2.45) is 5.92 Å². The summed E-state index contributed by atoms with van der Waals surface area (Å²) in [6.07, 6.45) is 2.63. The lowest BCUT2D eigenvalue weighted by atomic mass is 9.89. The van der Waals surface area contributed by atoms with Crippen molar-refractivity contribution in [2.45, 2.75) is 32.7 Å². The summed E-state index contributed by atoms with van der Waals surface area (Å²) < 4.78 is 12.4. The molecule has 2 aromatic heterocycles. The zero-order valence-corrected chi connectivity index (χ0v) is 16.2. The Balaban J connectivity index is 2.08. The van der Waals surface area contributed by atoms with Gasteiger partial charge in [-0.05, 0) is 24.0 Å². The summed E-state index contributed by atoms with van der Waals surface area (Å²) in [4.78, 5) is 38.9. The highest BCUT2D eigenvalue weighted by Gasteiger charge is 2.29. The lowest BCUT2D eigenvalue weighted by Gasteiger charge is -2.33. The van der Waals surface area contributed by atoms with E-state index in [1.54, 1.807) is 17.7 Å². The van der Waals surface area contributed by atoms with E-state index in [2.05, 4.69) is 4.98 Å². The van der Waals surface area contributed by atoms with Crippen molar-refractivity contribution in [1.29, 1.82) is 0 Å². The fourth-order valence-corrected chi connectivity index (χ4v) is 3.50. The average molecular weight is 388 g/mol. The van der Waals surface area contributed by atoms with E-state index in [1.807, 2.05) is 13.8 Å². The van der Waals surface area contributed by atoms with Crippen LogP contribution in [0.2, 0.25) is 0 Å². The summed E-state index contributed by atoms with van der Waals surface area (Å²) in [6, 6.07) is 2.95. The molecule has 1 aliphatic rings. The van der Waals surface area contributed by atoms with Crippen LogP contribution in [-0.2, 0) is 11.2 Å². The number of aromatic amines is 1. The number of aromatic carboxylic acids is 1. The molecule has 3 rings (SSSR count). The number of H-pyrrole nitrogens is 1. The van der Waals surface area contributed by atoms with Crippen molar-refractivity contribution in [2.75, 3.05) is 20.3 Å². The molecule has 0 aliphatic carbocycles. The predicted molar refractivity (Wildman–Crippen MR) is 103 cm³/mol. The Bertz CT molecular complexity index is 1000. The molecule has 3 heterocycles. The van der Waals surface area contributed by atoms with Gasteiger partial charge in [-0.15, -0.1) is 0 Å². The summed E-state index contributed by atoms with van der Waals surface area (Å²) in [5.74, 6) is -0.841. The van der Waals surface area contributed by atoms with Crippen molar-refractivity contribution >= 4 is 5.97 Å². The second kappa shape index (κ2) is 8.02. The number of nitrogens with one attached hydrogen (secondary N) is 1. The molecule has 8 nitrogen and oxygen atoms in total. The van der Waals surface area contributed by atoms with Gasteiger partial charge in [0, 0.05) is 38.4 Å². The lowest BCUT2D eigenvalue weighted by Crippen LogP contribution is -2.30. The molecule has 0 fully saturated rings. The number of pyridine rings is 2. The fourth-order valence-electron chi connectivity index (χ4n) is 3.50. The van der Waals surface area contributed by atoms with E-state index in [0.29, 0.717) is 37.4 Å². The van der Waals surface area contributed by atoms with Crippen LogP contribution >= 0.6 is 0 Å². The molecule has 0 bridgehead atoms. The molecule has 0 amide bonds. The Labute approximate surface area is 161 Å². The van der Waals surface area contributed by atoms with Crippen molar-refractivity contribution in [1.82, 2.24) is 9.55 Å². The van der Waals surface area contributed by atoms with Crippen LogP contribution in [0.1, 0.15) is 42.2 Å². The number of carboxylic acid groups (broad SMARTS) is 1. The van der Waals surface area contributed by atoms with E-state index in [1.165, 1.54) is 12.3 Å². The number of nitrogens with zero attached hydrogens (tertiary/aromatic N) is 1. The van der Waals surface area contributed by atoms with E-state index in [4.69, 9.17) is 9.47 Å². The fraction of sp³-hybridized carbons (Fsp3) is 0.450. The Morgan fingerprint density at radius 3 is 2.71 bits per heavy atom. The second-order valence-corrected chi connectivity index (χ2v) is 7.22. The van der Waals surface area contributed by atoms with Gasteiger partial charge in [0.25, 0.3) is 5.56 Å². The lowest BCUT2D eigenvalue weighted by molar-refractivity contribution is 0.0694. The summed E-state index contributed by atoms with van der Waals surface area (Å²) in [5.41, 5.74) is 0.647. The summed E-state index contributed by atoms with van der Waals surface area (Å²) in [6.45, 7) is 4.97. The minimum Gasteiger partial charge on any atom is -0.488 e. The molecule has 0 aromatic carbocycles. The van der Waals surface area contributed by atoms with E-state index in [0.717, 1.165) is 5.56 Å². The van der Waals surface area contributed by atoms with E-state index in [9.17, 15) is 19.5 Å². The molecule has 8 heteroatoms. The number of fused-ring (bicyclic) bond motifs is 3. The van der Waals surface area contributed by atoms with Crippen molar-refractivity contribution in [3.8, 4) is 17.1 Å². The molecular formula is C20H24N2O6. The third kappa shape index (κ3) is 3.73. The molecule has 2 aromatic rings. The number of rotatable bonds is 7. The van der Waals surface area contributed by atoms with Crippen LogP contribution in [0.4, 0.5) is 0 Å². The molecular weight excluding hydrogens is 364 g/mol. The maximum atomic E-state index is 12.4. The predicted octanol–water partition coefficient (Wildman–Crippen LogP) is 2.07. The van der Waals surface area contributed by atoms with Gasteiger partial charge >= 0.3 is 5.97 Å². The summed E-state index contributed by atoms with van der Waals surface area (Å²) >= 11 is 0. The smallest absolute Gasteiger partial charge is 0.341 e. The van der Waals surface area contributed by atoms with E-state index >= 15 is 0 Å². The van der Waals surface area contributed by atoms with Crippen LogP contribution < -0.4 is 15.7 Å². The first-order valence-electron chi connectivity index (χ1n) is 9.21. The van der Waals surface area contributed by atoms with Crippen LogP contribution in [0.3, 0.4) is 0 Å². The average Bonchev–Trinajstić information content (AvgIpc) is 2.64. The Hall–Kier alpha value is -2.87. The van der Waals surface area contributed by atoms with Gasteiger partial charge in [0.1, 0.15) is 5.56 Å². The molecule has 0 unspecified atom stereocenters. The van der Waals surface area contributed by atoms with Gasteiger partial charge in [0.2, 0.25) is 0 Å². The molecule has 0 saturated carbocycles. The maximum Gasteiger partial charge on any atom is 0.341 e. The van der Waals surface area contributed by atoms with Crippen LogP contribution in [0.5, 0.6) is 5.75 Å². The van der Waals surface area contributed by atoms with Gasteiger partial charge in [0.05, 0.1) is 18.0 Å². The first-order chi connectivity index (χ1) is 13.3. The summed E-state index contributed by atoms with van der Waals surface area (Å²) in [5, 5.41) is 9.29. The highest BCUT2D eigenvalue weighted by atomic mass is 16.5. The molecule has 1 atom stereocenters. The van der Waals surface area contributed by atoms with Crippen molar-refractivity contribution in [3.63, 3.8) is 0 Å². The summed E-state index contributed by atoms with van der Waals surface area (Å²) in [7, 11) is 1.60. The third-order valence-electron chi connectivity index (χ3n) is 4.96. The van der Waals surface area contributed by atoms with Crippen LogP contribution in [-0.4, -0.2) is 41.0 Å². The molecule has 2 N–H and O–H groups in total. The topological polar surface area (TPSA) is 111 Å². The standard InChI is InChI=1S/C20H24N2O6/c1-11(2)14-7-12-8-17(28-6-4-5-27-3)19(24)21-18(12)15-9-16(23)13(20(25)26)10-22(14)15/h8-11,14H,4-7H2,1-3H3,(H,21,24)(H,25,26)/t14-/m0/s1. The first-order valence-corrected chi connectivity index (χ1v) is 9.21. The van der Waals surface area contributed by atoms with Crippen molar-refractivity contribution < 1.29 is 19.4 Å². The zero-order chi connectivity index (χ0) is 20.4. The monoisotopic (exact) mass is 388 g/mol. The molecule has 28 heavy (non-hydrogen) atoms. The van der Waals surface area contributed by atoms with Crippen LogP contribution in [0.15, 0.2) is 27.9 Å². The molecule has 0 saturated heterocycles. The van der Waals surface area contributed by atoms with Gasteiger partial charge in [-0.2, -0.15) is 0 Å². The number of ether oxygens (including phenoxy) is 2. The van der Waals surface area contributed by atoms with Crippen LogP contribution in [0, 0.1) is 5.92 Å². The largest absolute Gasteiger partial charge is 0.488 e. The minimum absolute atomic E-state index is 0.0477. The normalized spacial score (nSPS) is 15.2. The van der Waals surface area contributed by atoms with Crippen molar-refractivity contribution in [3.05, 3.63) is 50.0 Å². The maximum absolute atomic E-state index is 12.4. The second-order valence-electron chi connectivity index (χ2n) is 7.22. The zero-order valence-electron chi connectivity index (χ0n) is 16.2. The minimum atomic E-state index is -1.26. The van der Waals surface area contributed by atoms with E-state index in [-0.39, 0.29) is 28.8 Å². The number of hydrogen-bond donors (Lipinski definition) is 2. The highest BCUT2D eigenvalue weighted by molar-refractivity contribution is 5.87. The Kier molecular flexibility index (Phi) is 5.69. The van der Waals surface area contributed by atoms with Gasteiger partial charge in [0.15, 0.2) is 11.2 Å².